The number of nitrogens with one attached hydrogen (secondary N) is 2. The van der Waals surface area contributed by atoms with Gasteiger partial charge in [-0.2, -0.15) is 0 Å². The first kappa shape index (κ1) is 20.5. The Morgan fingerprint density at radius 2 is 1.67 bits per heavy atom. The van der Waals surface area contributed by atoms with Crippen LogP contribution in [0.1, 0.15) is 12.8 Å². The van der Waals surface area contributed by atoms with E-state index in [-0.39, 0.29) is 31.8 Å². The molecule has 0 atom stereocenters. The first-order valence-electron chi connectivity index (χ1n) is 8.21. The van der Waals surface area contributed by atoms with E-state index in [1.807, 2.05) is 0 Å². The monoisotopic (exact) mass is 449 g/mol. The van der Waals surface area contributed by atoms with Crippen LogP contribution in [0.25, 0.3) is 0 Å². The highest BCUT2D eigenvalue weighted by Crippen LogP contribution is 2.40. The van der Waals surface area contributed by atoms with Crippen molar-refractivity contribution in [3.63, 3.8) is 0 Å². The van der Waals surface area contributed by atoms with Gasteiger partial charge >= 0.3 is 0 Å². The van der Waals surface area contributed by atoms with Gasteiger partial charge in [0.1, 0.15) is 5.75 Å². The fourth-order valence-electron chi connectivity index (χ4n) is 2.73. The highest BCUT2D eigenvalue weighted by atomic mass is 35.5. The lowest BCUT2D eigenvalue weighted by Gasteiger charge is -2.23. The Hall–Kier alpha value is -1.22. The Balaban J connectivity index is 1.85. The first-order valence-corrected chi connectivity index (χ1v) is 10.8. The molecule has 0 spiro atoms. The summed E-state index contributed by atoms with van der Waals surface area (Å²) in [5, 5.41) is 3.58. The molecular weight excluding hydrogens is 433 g/mol. The van der Waals surface area contributed by atoms with Crippen molar-refractivity contribution in [3.05, 3.63) is 45.4 Å². The molecule has 2 aromatic rings. The summed E-state index contributed by atoms with van der Waals surface area (Å²) in [7, 11) is -3.75. The quantitative estimate of drug-likeness (QED) is 0.598. The fourth-order valence-corrected chi connectivity index (χ4v) is 5.00. The Kier molecular flexibility index (Phi) is 6.40. The van der Waals surface area contributed by atoms with Crippen LogP contribution in [0.2, 0.25) is 15.1 Å². The highest BCUT2D eigenvalue weighted by Gasteiger charge is 2.24. The van der Waals surface area contributed by atoms with Gasteiger partial charge in [-0.15, -0.1) is 0 Å². The molecule has 4 N–H and O–H groups in total. The number of halogens is 3. The topological polar surface area (TPSA) is 93.5 Å². The predicted molar refractivity (Wildman–Crippen MR) is 109 cm³/mol. The summed E-state index contributed by atoms with van der Waals surface area (Å²) in [6.45, 7) is 1.54. The van der Waals surface area contributed by atoms with Crippen LogP contribution in [-0.2, 0) is 10.0 Å². The van der Waals surface area contributed by atoms with Crippen molar-refractivity contribution in [2.24, 2.45) is 0 Å². The van der Waals surface area contributed by atoms with Crippen LogP contribution in [0, 0.1) is 0 Å². The van der Waals surface area contributed by atoms with Crippen LogP contribution >= 0.6 is 34.8 Å². The van der Waals surface area contributed by atoms with Crippen molar-refractivity contribution >= 4 is 50.5 Å². The summed E-state index contributed by atoms with van der Waals surface area (Å²) in [6, 6.07) is 7.20. The van der Waals surface area contributed by atoms with E-state index >= 15 is 0 Å². The second-order valence-electron chi connectivity index (χ2n) is 6.15. The SMILES string of the molecule is Nc1ccc(Oc2c(Cl)cc(S(=O)(=O)NC3CCNCC3)cc2Cl)c(Cl)c1. The third kappa shape index (κ3) is 4.99. The van der Waals surface area contributed by atoms with Crippen LogP contribution in [0.3, 0.4) is 0 Å². The summed E-state index contributed by atoms with van der Waals surface area (Å²) >= 11 is 18.6. The average Bonchev–Trinajstić information content (AvgIpc) is 2.60. The number of rotatable bonds is 5. The Labute approximate surface area is 173 Å². The predicted octanol–water partition coefficient (Wildman–Crippen LogP) is 4.05. The normalized spacial score (nSPS) is 15.7. The molecule has 10 heteroatoms. The van der Waals surface area contributed by atoms with Crippen LogP contribution in [0.4, 0.5) is 5.69 Å². The molecule has 146 valence electrons. The van der Waals surface area contributed by atoms with Crippen LogP contribution < -0.4 is 20.5 Å². The number of benzene rings is 2. The van der Waals surface area contributed by atoms with Gasteiger partial charge in [-0.3, -0.25) is 0 Å². The van der Waals surface area contributed by atoms with Crippen molar-refractivity contribution in [2.45, 2.75) is 23.8 Å². The molecule has 0 amide bonds. The molecule has 0 unspecified atom stereocenters. The lowest BCUT2D eigenvalue weighted by atomic mass is 10.1. The molecule has 6 nitrogen and oxygen atoms in total. The summed E-state index contributed by atoms with van der Waals surface area (Å²) in [6.07, 6.45) is 1.44. The van der Waals surface area contributed by atoms with Gasteiger partial charge in [-0.05, 0) is 56.3 Å². The van der Waals surface area contributed by atoms with Gasteiger partial charge in [0.25, 0.3) is 0 Å². The molecule has 1 saturated heterocycles. The standard InChI is InChI=1S/C17H18Cl3N3O3S/c18-13-7-10(21)1-2-16(13)26-17-14(19)8-12(9-15(17)20)27(24,25)23-11-3-5-22-6-4-11/h1-2,7-9,11,22-23H,3-6,21H2. The molecular formula is C17H18Cl3N3O3S. The summed E-state index contributed by atoms with van der Waals surface area (Å²) in [5.41, 5.74) is 6.14. The number of nitrogen functional groups attached to an aromatic ring is 1. The van der Waals surface area contributed by atoms with Crippen molar-refractivity contribution in [1.29, 1.82) is 0 Å². The zero-order chi connectivity index (χ0) is 19.6. The van der Waals surface area contributed by atoms with Gasteiger partial charge in [-0.1, -0.05) is 34.8 Å². The Bertz CT molecular complexity index is 925. The van der Waals surface area contributed by atoms with Gasteiger partial charge in [-0.25, -0.2) is 13.1 Å². The maximum Gasteiger partial charge on any atom is 0.240 e. The summed E-state index contributed by atoms with van der Waals surface area (Å²) in [5.74, 6) is 0.420. The zero-order valence-corrected chi connectivity index (χ0v) is 17.2. The van der Waals surface area contributed by atoms with Crippen LogP contribution in [0.5, 0.6) is 11.5 Å². The molecule has 0 aromatic heterocycles. The Morgan fingerprint density at radius 1 is 1.04 bits per heavy atom. The van der Waals surface area contributed by atoms with E-state index in [1.54, 1.807) is 12.1 Å². The van der Waals surface area contributed by atoms with E-state index in [0.29, 0.717) is 11.4 Å². The van der Waals surface area contributed by atoms with Crippen molar-refractivity contribution in [1.82, 2.24) is 10.0 Å². The van der Waals surface area contributed by atoms with Gasteiger partial charge in [0.2, 0.25) is 10.0 Å². The number of sulfonamides is 1. The molecule has 1 heterocycles. The molecule has 27 heavy (non-hydrogen) atoms. The number of hydrogen-bond acceptors (Lipinski definition) is 5. The number of ether oxygens (including phenoxy) is 1. The minimum Gasteiger partial charge on any atom is -0.453 e. The zero-order valence-electron chi connectivity index (χ0n) is 14.1. The van der Waals surface area contributed by atoms with E-state index in [2.05, 4.69) is 10.0 Å². The molecule has 0 saturated carbocycles. The van der Waals surface area contributed by atoms with Gasteiger partial charge in [0.05, 0.1) is 20.0 Å². The van der Waals surface area contributed by atoms with E-state index in [9.17, 15) is 8.42 Å². The second kappa shape index (κ2) is 8.43. The Morgan fingerprint density at radius 3 is 2.26 bits per heavy atom. The molecule has 1 aliphatic rings. The fraction of sp³-hybridized carbons (Fsp3) is 0.294. The largest absolute Gasteiger partial charge is 0.453 e. The molecule has 1 aliphatic heterocycles. The van der Waals surface area contributed by atoms with E-state index in [1.165, 1.54) is 18.2 Å². The molecule has 1 fully saturated rings. The third-order valence-electron chi connectivity index (χ3n) is 4.11. The van der Waals surface area contributed by atoms with E-state index in [0.717, 1.165) is 25.9 Å². The summed E-state index contributed by atoms with van der Waals surface area (Å²) in [4.78, 5) is -0.0215. The number of piperidine rings is 1. The molecule has 0 radical (unpaired) electrons. The highest BCUT2D eigenvalue weighted by molar-refractivity contribution is 7.89. The lowest BCUT2D eigenvalue weighted by molar-refractivity contribution is 0.427. The van der Waals surface area contributed by atoms with Gasteiger partial charge in [0.15, 0.2) is 5.75 Å². The van der Waals surface area contributed by atoms with E-state index in [4.69, 9.17) is 45.3 Å². The molecule has 0 bridgehead atoms. The molecule has 0 aliphatic carbocycles. The number of nitrogens with two attached hydrogens (primary N) is 1. The van der Waals surface area contributed by atoms with Crippen LogP contribution in [-0.4, -0.2) is 27.5 Å². The van der Waals surface area contributed by atoms with Gasteiger partial charge < -0.3 is 15.8 Å². The minimum atomic E-state index is -3.75. The first-order chi connectivity index (χ1) is 12.8. The number of hydrogen-bond donors (Lipinski definition) is 3. The van der Waals surface area contributed by atoms with Crippen LogP contribution in [0.15, 0.2) is 35.2 Å². The van der Waals surface area contributed by atoms with E-state index < -0.39 is 10.0 Å². The summed E-state index contributed by atoms with van der Waals surface area (Å²) < 4.78 is 33.6. The molecule has 2 aromatic carbocycles. The average molecular weight is 451 g/mol. The lowest BCUT2D eigenvalue weighted by Crippen LogP contribution is -2.42. The van der Waals surface area contributed by atoms with Crippen molar-refractivity contribution in [3.8, 4) is 11.5 Å². The van der Waals surface area contributed by atoms with Crippen molar-refractivity contribution < 1.29 is 13.2 Å². The van der Waals surface area contributed by atoms with Gasteiger partial charge in [0, 0.05) is 11.7 Å². The van der Waals surface area contributed by atoms with Crippen molar-refractivity contribution in [2.75, 3.05) is 18.8 Å². The maximum atomic E-state index is 12.6. The third-order valence-corrected chi connectivity index (χ3v) is 6.47. The minimum absolute atomic E-state index is 0.0215. The molecule has 3 rings (SSSR count). The maximum absolute atomic E-state index is 12.6. The second-order valence-corrected chi connectivity index (χ2v) is 9.09. The smallest absolute Gasteiger partial charge is 0.240 e. The number of anilines is 1.